The van der Waals surface area contributed by atoms with Crippen LogP contribution in [0.15, 0.2) is 12.1 Å². The van der Waals surface area contributed by atoms with E-state index in [1.165, 1.54) is 12.1 Å². The Morgan fingerprint density at radius 2 is 1.47 bits per heavy atom. The molecule has 0 saturated carbocycles. The summed E-state index contributed by atoms with van der Waals surface area (Å²) in [7, 11) is 0. The van der Waals surface area contributed by atoms with Crippen molar-refractivity contribution in [2.24, 2.45) is 0 Å². The number of aromatic hydroxyl groups is 5. The maximum Gasteiger partial charge on any atom is 0.201 e. The van der Waals surface area contributed by atoms with Gasteiger partial charge in [-0.3, -0.25) is 0 Å². The van der Waals surface area contributed by atoms with E-state index in [0.717, 1.165) is 0 Å². The molecule has 0 saturated heterocycles. The Bertz CT molecular complexity index is 604. The Morgan fingerprint density at radius 1 is 0.824 bits per heavy atom. The standard InChI is InChI=1S/C12H12O5/c1-2-5-6-3-4-7(13)10(15)8(6)11(16)12(17)9(5)14/h3-4,13-17H,2H2,1H3. The third-order valence-electron chi connectivity index (χ3n) is 2.81. The predicted octanol–water partition coefficient (Wildman–Crippen LogP) is 1.93. The number of hydrogen-bond donors (Lipinski definition) is 5. The zero-order chi connectivity index (χ0) is 12.7. The van der Waals surface area contributed by atoms with Gasteiger partial charge in [0, 0.05) is 5.56 Å². The molecule has 5 heteroatoms. The molecule has 0 unspecified atom stereocenters. The molecule has 0 bridgehead atoms. The molecular formula is C12H12O5. The lowest BCUT2D eigenvalue weighted by atomic mass is 9.98. The number of aryl methyl sites for hydroxylation is 1. The summed E-state index contributed by atoms with van der Waals surface area (Å²) in [4.78, 5) is 0. The molecule has 17 heavy (non-hydrogen) atoms. The minimum Gasteiger partial charge on any atom is -0.504 e. The Balaban J connectivity index is 3.06. The van der Waals surface area contributed by atoms with Crippen LogP contribution in [0.2, 0.25) is 0 Å². The summed E-state index contributed by atoms with van der Waals surface area (Å²) >= 11 is 0. The highest BCUT2D eigenvalue weighted by molar-refractivity contribution is 6.01. The monoisotopic (exact) mass is 236 g/mol. The molecule has 0 aromatic heterocycles. The summed E-state index contributed by atoms with van der Waals surface area (Å²) < 4.78 is 0. The Kier molecular flexibility index (Phi) is 2.38. The summed E-state index contributed by atoms with van der Waals surface area (Å²) in [6.07, 6.45) is 0.403. The molecule has 0 fully saturated rings. The van der Waals surface area contributed by atoms with Crippen LogP contribution in [0.4, 0.5) is 0 Å². The van der Waals surface area contributed by atoms with Gasteiger partial charge in [0.1, 0.15) is 0 Å². The van der Waals surface area contributed by atoms with Gasteiger partial charge in [0.25, 0.3) is 0 Å². The van der Waals surface area contributed by atoms with E-state index in [4.69, 9.17) is 0 Å². The van der Waals surface area contributed by atoms with Crippen LogP contribution in [0, 0.1) is 0 Å². The summed E-state index contributed by atoms with van der Waals surface area (Å²) in [6.45, 7) is 1.76. The largest absolute Gasteiger partial charge is 0.504 e. The van der Waals surface area contributed by atoms with Crippen molar-refractivity contribution >= 4 is 10.8 Å². The quantitative estimate of drug-likeness (QED) is 0.487. The second kappa shape index (κ2) is 3.62. The molecule has 5 nitrogen and oxygen atoms in total. The second-order valence-electron chi connectivity index (χ2n) is 3.73. The van der Waals surface area contributed by atoms with Gasteiger partial charge in [0.15, 0.2) is 23.0 Å². The third kappa shape index (κ3) is 1.39. The molecule has 2 rings (SSSR count). The first kappa shape index (κ1) is 11.2. The van der Waals surface area contributed by atoms with Crippen molar-refractivity contribution in [1.29, 1.82) is 0 Å². The number of rotatable bonds is 1. The first-order chi connectivity index (χ1) is 7.99. The van der Waals surface area contributed by atoms with E-state index in [9.17, 15) is 25.5 Å². The van der Waals surface area contributed by atoms with Gasteiger partial charge in [0.05, 0.1) is 5.39 Å². The lowest BCUT2D eigenvalue weighted by Gasteiger charge is -2.13. The lowest BCUT2D eigenvalue weighted by molar-refractivity contribution is 0.366. The fourth-order valence-corrected chi connectivity index (χ4v) is 1.93. The minimum absolute atomic E-state index is 0.0721. The first-order valence-electron chi connectivity index (χ1n) is 5.09. The van der Waals surface area contributed by atoms with E-state index in [0.29, 0.717) is 17.4 Å². The summed E-state index contributed by atoms with van der Waals surface area (Å²) in [5.41, 5.74) is 0.394. The van der Waals surface area contributed by atoms with E-state index in [1.54, 1.807) is 6.92 Å². The number of fused-ring (bicyclic) bond motifs is 1. The van der Waals surface area contributed by atoms with E-state index in [-0.39, 0.29) is 5.39 Å². The average Bonchev–Trinajstić information content (AvgIpc) is 2.31. The highest BCUT2D eigenvalue weighted by atomic mass is 16.3. The fourth-order valence-electron chi connectivity index (χ4n) is 1.93. The summed E-state index contributed by atoms with van der Waals surface area (Å²) in [5, 5.41) is 48.2. The SMILES string of the molecule is CCc1c(O)c(O)c(O)c2c(O)c(O)ccc12. The minimum atomic E-state index is -0.699. The number of benzene rings is 2. The predicted molar refractivity (Wildman–Crippen MR) is 61.7 cm³/mol. The highest BCUT2D eigenvalue weighted by Gasteiger charge is 2.20. The molecular weight excluding hydrogens is 224 g/mol. The van der Waals surface area contributed by atoms with Crippen molar-refractivity contribution in [1.82, 2.24) is 0 Å². The van der Waals surface area contributed by atoms with Gasteiger partial charge in [0.2, 0.25) is 5.75 Å². The molecule has 0 aliphatic heterocycles. The van der Waals surface area contributed by atoms with Crippen LogP contribution < -0.4 is 0 Å². The molecule has 0 amide bonds. The Labute approximate surface area is 96.8 Å². The van der Waals surface area contributed by atoms with Gasteiger partial charge >= 0.3 is 0 Å². The van der Waals surface area contributed by atoms with E-state index >= 15 is 0 Å². The van der Waals surface area contributed by atoms with Gasteiger partial charge in [-0.15, -0.1) is 0 Å². The molecule has 0 spiro atoms. The van der Waals surface area contributed by atoms with Crippen LogP contribution in [-0.2, 0) is 6.42 Å². The normalized spacial score (nSPS) is 10.9. The molecule has 5 N–H and O–H groups in total. The number of phenolic OH excluding ortho intramolecular Hbond substituents is 5. The number of phenols is 5. The molecule has 0 radical (unpaired) electrons. The van der Waals surface area contributed by atoms with Crippen LogP contribution in [-0.4, -0.2) is 25.5 Å². The van der Waals surface area contributed by atoms with Crippen LogP contribution >= 0.6 is 0 Å². The zero-order valence-electron chi connectivity index (χ0n) is 9.10. The molecule has 0 atom stereocenters. The maximum atomic E-state index is 9.68. The van der Waals surface area contributed by atoms with Gasteiger partial charge in [-0.2, -0.15) is 0 Å². The van der Waals surface area contributed by atoms with E-state index < -0.39 is 28.7 Å². The smallest absolute Gasteiger partial charge is 0.201 e. The molecule has 0 aliphatic carbocycles. The third-order valence-corrected chi connectivity index (χ3v) is 2.81. The average molecular weight is 236 g/mol. The maximum absolute atomic E-state index is 9.68. The molecule has 0 aliphatic rings. The second-order valence-corrected chi connectivity index (χ2v) is 3.73. The van der Waals surface area contributed by atoms with Crippen LogP contribution in [0.1, 0.15) is 12.5 Å². The van der Waals surface area contributed by atoms with Crippen molar-refractivity contribution in [3.63, 3.8) is 0 Å². The van der Waals surface area contributed by atoms with Gasteiger partial charge < -0.3 is 25.5 Å². The summed E-state index contributed by atoms with van der Waals surface area (Å²) in [6, 6.07) is 2.72. The number of hydrogen-bond acceptors (Lipinski definition) is 5. The van der Waals surface area contributed by atoms with Crippen LogP contribution in [0.25, 0.3) is 10.8 Å². The zero-order valence-corrected chi connectivity index (χ0v) is 9.10. The van der Waals surface area contributed by atoms with Gasteiger partial charge in [-0.05, 0) is 23.9 Å². The Morgan fingerprint density at radius 3 is 2.06 bits per heavy atom. The molecule has 2 aromatic carbocycles. The van der Waals surface area contributed by atoms with E-state index in [1.807, 2.05) is 0 Å². The van der Waals surface area contributed by atoms with E-state index in [2.05, 4.69) is 0 Å². The van der Waals surface area contributed by atoms with Gasteiger partial charge in [-0.1, -0.05) is 6.92 Å². The molecule has 0 heterocycles. The lowest BCUT2D eigenvalue weighted by Crippen LogP contribution is -1.88. The van der Waals surface area contributed by atoms with Crippen molar-refractivity contribution < 1.29 is 25.5 Å². The van der Waals surface area contributed by atoms with Crippen LogP contribution in [0.3, 0.4) is 0 Å². The Hall–Kier alpha value is -2.30. The van der Waals surface area contributed by atoms with Crippen molar-refractivity contribution in [3.05, 3.63) is 17.7 Å². The van der Waals surface area contributed by atoms with Crippen LogP contribution in [0.5, 0.6) is 28.7 Å². The molecule has 90 valence electrons. The highest BCUT2D eigenvalue weighted by Crippen LogP contribution is 2.49. The summed E-state index contributed by atoms with van der Waals surface area (Å²) in [5.74, 6) is -2.69. The van der Waals surface area contributed by atoms with Gasteiger partial charge in [-0.25, -0.2) is 0 Å². The van der Waals surface area contributed by atoms with Crippen molar-refractivity contribution in [2.45, 2.75) is 13.3 Å². The first-order valence-corrected chi connectivity index (χ1v) is 5.09. The van der Waals surface area contributed by atoms with Crippen molar-refractivity contribution in [3.8, 4) is 28.7 Å². The molecule has 2 aromatic rings. The topological polar surface area (TPSA) is 101 Å². The van der Waals surface area contributed by atoms with Crippen molar-refractivity contribution in [2.75, 3.05) is 0 Å². The fraction of sp³-hybridized carbons (Fsp3) is 0.167.